The third kappa shape index (κ3) is 4.55. The highest BCUT2D eigenvalue weighted by Gasteiger charge is 2.28. The minimum Gasteiger partial charge on any atom is -0.474 e. The van der Waals surface area contributed by atoms with E-state index in [9.17, 15) is 0 Å². The van der Waals surface area contributed by atoms with Crippen molar-refractivity contribution in [2.45, 2.75) is 38.8 Å². The summed E-state index contributed by atoms with van der Waals surface area (Å²) in [4.78, 5) is 18.8. The molecule has 3 aromatic carbocycles. The third-order valence-electron chi connectivity index (χ3n) is 8.02. The first-order chi connectivity index (χ1) is 20.7. The lowest BCUT2D eigenvalue weighted by molar-refractivity contribution is 0.279. The van der Waals surface area contributed by atoms with E-state index in [0.29, 0.717) is 25.0 Å². The molecule has 43 heavy (non-hydrogen) atoms. The molecule has 3 aromatic heterocycles. The molecule has 2 aliphatic heterocycles. The Morgan fingerprint density at radius 3 is 1.79 bits per heavy atom. The molecule has 0 atom stereocenters. The van der Waals surface area contributed by atoms with Gasteiger partial charge in [-0.3, -0.25) is 9.97 Å². The Kier molecular flexibility index (Phi) is 5.72. The van der Waals surface area contributed by atoms with Gasteiger partial charge >= 0.3 is 0 Å². The number of aliphatic imine (C=N–C) groups is 2. The predicted molar refractivity (Wildman–Crippen MR) is 176 cm³/mol. The van der Waals surface area contributed by atoms with E-state index in [1.54, 1.807) is 0 Å². The number of pyridine rings is 2. The van der Waals surface area contributed by atoms with Crippen molar-refractivity contribution < 1.29 is 9.47 Å². The van der Waals surface area contributed by atoms with Gasteiger partial charge in [0.25, 0.3) is 0 Å². The van der Waals surface area contributed by atoms with E-state index in [2.05, 4.69) is 103 Å². The van der Waals surface area contributed by atoms with Crippen LogP contribution in [0.15, 0.2) is 95.2 Å². The number of benzene rings is 3. The Morgan fingerprint density at radius 2 is 1.21 bits per heavy atom. The summed E-state index contributed by atoms with van der Waals surface area (Å²) in [7, 11) is 0. The number of thiophene rings is 1. The SMILES string of the molecule is CC1(C)COC(c2ccc(-c3ccc4c(c3)sc3cc(-c5ccc(C6=NC(C)(C)CO6)nc5)c5ccccc5c34)cn2)=N1. The van der Waals surface area contributed by atoms with Crippen LogP contribution in [0, 0.1) is 0 Å². The van der Waals surface area contributed by atoms with E-state index in [0.717, 1.165) is 28.1 Å². The van der Waals surface area contributed by atoms with Gasteiger partial charge in [-0.25, -0.2) is 9.98 Å². The van der Waals surface area contributed by atoms with Crippen LogP contribution in [-0.2, 0) is 9.47 Å². The number of ether oxygens (including phenoxy) is 2. The van der Waals surface area contributed by atoms with Gasteiger partial charge in [0.2, 0.25) is 11.8 Å². The molecule has 5 heterocycles. The fraction of sp³-hybridized carbons (Fsp3) is 0.222. The smallest absolute Gasteiger partial charge is 0.236 e. The molecule has 8 rings (SSSR count). The monoisotopic (exact) mass is 582 g/mol. The summed E-state index contributed by atoms with van der Waals surface area (Å²) in [6.07, 6.45) is 3.85. The normalized spacial score (nSPS) is 17.2. The number of nitrogens with zero attached hydrogens (tertiary/aromatic N) is 4. The van der Waals surface area contributed by atoms with E-state index < -0.39 is 0 Å². The van der Waals surface area contributed by atoms with Crippen LogP contribution in [0.5, 0.6) is 0 Å². The highest BCUT2D eigenvalue weighted by molar-refractivity contribution is 7.26. The highest BCUT2D eigenvalue weighted by atomic mass is 32.1. The molecule has 0 N–H and O–H groups in total. The van der Waals surface area contributed by atoms with Crippen LogP contribution in [0.25, 0.3) is 53.2 Å². The minimum atomic E-state index is -0.213. The lowest BCUT2D eigenvalue weighted by atomic mass is 9.95. The van der Waals surface area contributed by atoms with Crippen molar-refractivity contribution in [3.63, 3.8) is 0 Å². The second-order valence-corrected chi connectivity index (χ2v) is 13.6. The first kappa shape index (κ1) is 26.0. The molecule has 0 fully saturated rings. The van der Waals surface area contributed by atoms with E-state index in [1.165, 1.54) is 36.5 Å². The zero-order valence-corrected chi connectivity index (χ0v) is 25.3. The van der Waals surface area contributed by atoms with Crippen molar-refractivity contribution >= 4 is 54.1 Å². The van der Waals surface area contributed by atoms with Crippen LogP contribution in [0.2, 0.25) is 0 Å². The molecule has 212 valence electrons. The van der Waals surface area contributed by atoms with E-state index in [4.69, 9.17) is 14.5 Å². The Hall–Kier alpha value is -4.62. The lowest BCUT2D eigenvalue weighted by Crippen LogP contribution is -2.17. The standard InChI is InChI=1S/C36H30N4O2S/c1-35(2)19-41-33(39-35)28-13-10-22(17-37-28)21-9-12-26-30(15-21)43-31-16-27(24-7-5-6-8-25(24)32(26)31)23-11-14-29(38-18-23)34-40-36(3,4)20-42-34/h5-18H,19-20H2,1-4H3. The topological polar surface area (TPSA) is 69.0 Å². The maximum absolute atomic E-state index is 5.81. The van der Waals surface area contributed by atoms with Gasteiger partial charge in [-0.15, -0.1) is 11.3 Å². The van der Waals surface area contributed by atoms with Crippen LogP contribution >= 0.6 is 11.3 Å². The van der Waals surface area contributed by atoms with E-state index in [1.807, 2.05) is 35.9 Å². The number of aromatic nitrogens is 2. The summed E-state index contributed by atoms with van der Waals surface area (Å²) in [6.45, 7) is 9.42. The maximum atomic E-state index is 5.81. The Balaban J connectivity index is 1.19. The van der Waals surface area contributed by atoms with Gasteiger partial charge in [0, 0.05) is 43.7 Å². The van der Waals surface area contributed by atoms with Crippen molar-refractivity contribution in [3.8, 4) is 22.3 Å². The summed E-state index contributed by atoms with van der Waals surface area (Å²) in [5.41, 5.74) is 5.56. The first-order valence-electron chi connectivity index (χ1n) is 14.5. The Morgan fingerprint density at radius 1 is 0.605 bits per heavy atom. The minimum absolute atomic E-state index is 0.205. The van der Waals surface area contributed by atoms with Crippen molar-refractivity contribution in [2.24, 2.45) is 9.98 Å². The summed E-state index contributed by atoms with van der Waals surface area (Å²) in [6, 6.07) is 25.9. The summed E-state index contributed by atoms with van der Waals surface area (Å²) < 4.78 is 14.1. The number of fused-ring (bicyclic) bond motifs is 5. The first-order valence-corrected chi connectivity index (χ1v) is 15.3. The maximum Gasteiger partial charge on any atom is 0.236 e. The quantitative estimate of drug-likeness (QED) is 0.209. The van der Waals surface area contributed by atoms with Crippen molar-refractivity contribution in [3.05, 3.63) is 96.6 Å². The average molecular weight is 583 g/mol. The molecule has 7 heteroatoms. The van der Waals surface area contributed by atoms with Crippen LogP contribution in [0.1, 0.15) is 39.1 Å². The second-order valence-electron chi connectivity index (χ2n) is 12.6. The molecule has 0 amide bonds. The zero-order chi connectivity index (χ0) is 29.3. The number of hydrogen-bond donors (Lipinski definition) is 0. The molecule has 2 aliphatic rings. The number of hydrogen-bond acceptors (Lipinski definition) is 7. The van der Waals surface area contributed by atoms with Crippen LogP contribution < -0.4 is 0 Å². The fourth-order valence-corrected chi connectivity index (χ4v) is 7.06. The van der Waals surface area contributed by atoms with Gasteiger partial charge in [0.1, 0.15) is 24.6 Å². The van der Waals surface area contributed by atoms with Crippen LogP contribution in [0.4, 0.5) is 0 Å². The summed E-state index contributed by atoms with van der Waals surface area (Å²) >= 11 is 1.82. The van der Waals surface area contributed by atoms with E-state index in [-0.39, 0.29) is 11.1 Å². The largest absolute Gasteiger partial charge is 0.474 e. The van der Waals surface area contributed by atoms with Gasteiger partial charge in [0.05, 0.1) is 11.1 Å². The highest BCUT2D eigenvalue weighted by Crippen LogP contribution is 2.43. The Labute approximate surface area is 253 Å². The fourth-order valence-electron chi connectivity index (χ4n) is 5.86. The van der Waals surface area contributed by atoms with Gasteiger partial charge in [0.15, 0.2) is 0 Å². The Bertz CT molecular complexity index is 2120. The average Bonchev–Trinajstić information content (AvgIpc) is 3.69. The molecule has 0 unspecified atom stereocenters. The second kappa shape index (κ2) is 9.44. The van der Waals surface area contributed by atoms with Crippen molar-refractivity contribution in [2.75, 3.05) is 13.2 Å². The summed E-state index contributed by atoms with van der Waals surface area (Å²) in [5, 5.41) is 5.01. The molecule has 0 aliphatic carbocycles. The van der Waals surface area contributed by atoms with Crippen molar-refractivity contribution in [1.82, 2.24) is 9.97 Å². The molecular formula is C36H30N4O2S. The van der Waals surface area contributed by atoms with Gasteiger partial charge < -0.3 is 9.47 Å². The van der Waals surface area contributed by atoms with Crippen LogP contribution in [0.3, 0.4) is 0 Å². The number of rotatable bonds is 4. The molecule has 6 nitrogen and oxygen atoms in total. The lowest BCUT2D eigenvalue weighted by Gasteiger charge is -2.10. The molecule has 0 saturated carbocycles. The molecular weight excluding hydrogens is 552 g/mol. The molecule has 6 aromatic rings. The molecule has 0 bridgehead atoms. The predicted octanol–water partition coefficient (Wildman–Crippen LogP) is 8.44. The summed E-state index contributed by atoms with van der Waals surface area (Å²) in [5.74, 6) is 1.24. The molecule has 0 spiro atoms. The molecule has 0 saturated heterocycles. The van der Waals surface area contributed by atoms with E-state index >= 15 is 0 Å². The van der Waals surface area contributed by atoms with Crippen molar-refractivity contribution in [1.29, 1.82) is 0 Å². The third-order valence-corrected chi connectivity index (χ3v) is 9.12. The van der Waals surface area contributed by atoms with Gasteiger partial charge in [-0.2, -0.15) is 0 Å². The van der Waals surface area contributed by atoms with Gasteiger partial charge in [-0.05, 0) is 73.9 Å². The van der Waals surface area contributed by atoms with Crippen LogP contribution in [-0.4, -0.2) is 46.1 Å². The molecule has 0 radical (unpaired) electrons. The zero-order valence-electron chi connectivity index (χ0n) is 24.5. The van der Waals surface area contributed by atoms with Gasteiger partial charge in [-0.1, -0.05) is 48.5 Å².